The first-order valence-electron chi connectivity index (χ1n) is 6.75. The van der Waals surface area contributed by atoms with Crippen molar-refractivity contribution in [2.45, 2.75) is 6.42 Å². The number of allylic oxidation sites excluding steroid dienone is 1. The number of nitrogens with zero attached hydrogens (tertiary/aromatic N) is 1. The molecule has 0 spiro atoms. The molecule has 3 rings (SSSR count). The number of aromatic nitrogens is 1. The second kappa shape index (κ2) is 6.17. The topological polar surface area (TPSA) is 72.5 Å². The number of hydrogen-bond donors (Lipinski definition) is 2. The van der Waals surface area contributed by atoms with Gasteiger partial charge in [0.05, 0.1) is 0 Å². The molecule has 0 saturated heterocycles. The standard InChI is InChI=1S/C16H15N3O3/c1-11(18-19-16(20)13-4-6-17-7-5-13)8-12-2-3-14-15(9-12)22-10-21-14/h2-7,9,18H,1,8,10H2,(H,19,20). The van der Waals surface area contributed by atoms with Crippen molar-refractivity contribution in [1.82, 2.24) is 15.8 Å². The van der Waals surface area contributed by atoms with Gasteiger partial charge in [-0.15, -0.1) is 0 Å². The largest absolute Gasteiger partial charge is 0.454 e. The van der Waals surface area contributed by atoms with E-state index >= 15 is 0 Å². The van der Waals surface area contributed by atoms with Gasteiger partial charge in [0, 0.05) is 30.1 Å². The molecular formula is C16H15N3O3. The predicted molar refractivity (Wildman–Crippen MR) is 80.2 cm³/mol. The summed E-state index contributed by atoms with van der Waals surface area (Å²) in [5, 5.41) is 0. The Balaban J connectivity index is 1.53. The van der Waals surface area contributed by atoms with Gasteiger partial charge in [0.1, 0.15) is 0 Å². The van der Waals surface area contributed by atoms with Crippen molar-refractivity contribution in [3.63, 3.8) is 0 Å². The summed E-state index contributed by atoms with van der Waals surface area (Å²) in [5.74, 6) is 1.23. The summed E-state index contributed by atoms with van der Waals surface area (Å²) in [7, 11) is 0. The smallest absolute Gasteiger partial charge is 0.269 e. The van der Waals surface area contributed by atoms with E-state index in [2.05, 4.69) is 22.4 Å². The predicted octanol–water partition coefficient (Wildman–Crippen LogP) is 1.80. The van der Waals surface area contributed by atoms with Gasteiger partial charge in [-0.1, -0.05) is 12.6 Å². The third-order valence-electron chi connectivity index (χ3n) is 3.15. The van der Waals surface area contributed by atoms with Crippen LogP contribution in [0.3, 0.4) is 0 Å². The lowest BCUT2D eigenvalue weighted by atomic mass is 10.1. The van der Waals surface area contributed by atoms with Crippen molar-refractivity contribution >= 4 is 5.91 Å². The molecule has 0 unspecified atom stereocenters. The molecule has 0 atom stereocenters. The monoisotopic (exact) mass is 297 g/mol. The van der Waals surface area contributed by atoms with Crippen molar-refractivity contribution in [2.75, 3.05) is 6.79 Å². The number of benzene rings is 1. The number of nitrogens with one attached hydrogen (secondary N) is 2. The molecule has 0 saturated carbocycles. The second-order valence-corrected chi connectivity index (χ2v) is 4.78. The molecule has 0 radical (unpaired) electrons. The maximum absolute atomic E-state index is 11.9. The Morgan fingerprint density at radius 1 is 1.14 bits per heavy atom. The molecule has 2 heterocycles. The molecule has 1 aromatic heterocycles. The van der Waals surface area contributed by atoms with Gasteiger partial charge >= 0.3 is 0 Å². The van der Waals surface area contributed by atoms with Crippen LogP contribution in [0.15, 0.2) is 55.0 Å². The first-order chi connectivity index (χ1) is 10.7. The lowest BCUT2D eigenvalue weighted by Crippen LogP contribution is -2.36. The molecule has 6 nitrogen and oxygen atoms in total. The van der Waals surface area contributed by atoms with Crippen LogP contribution in [0.25, 0.3) is 0 Å². The molecule has 1 aliphatic rings. The van der Waals surface area contributed by atoms with Crippen LogP contribution in [0.5, 0.6) is 11.5 Å². The highest BCUT2D eigenvalue weighted by Crippen LogP contribution is 2.32. The normalized spacial score (nSPS) is 11.8. The summed E-state index contributed by atoms with van der Waals surface area (Å²) in [6, 6.07) is 8.97. The van der Waals surface area contributed by atoms with Crippen LogP contribution in [0.4, 0.5) is 0 Å². The third-order valence-corrected chi connectivity index (χ3v) is 3.15. The molecule has 22 heavy (non-hydrogen) atoms. The van der Waals surface area contributed by atoms with Crippen molar-refractivity contribution in [2.24, 2.45) is 0 Å². The van der Waals surface area contributed by atoms with Gasteiger partial charge in [-0.2, -0.15) is 0 Å². The minimum absolute atomic E-state index is 0.241. The minimum Gasteiger partial charge on any atom is -0.454 e. The van der Waals surface area contributed by atoms with Crippen LogP contribution in [0, 0.1) is 0 Å². The van der Waals surface area contributed by atoms with Crippen molar-refractivity contribution in [1.29, 1.82) is 0 Å². The SMILES string of the molecule is C=C(Cc1ccc2c(c1)OCO2)NNC(=O)c1ccncc1. The van der Waals surface area contributed by atoms with E-state index < -0.39 is 0 Å². The minimum atomic E-state index is -0.241. The highest BCUT2D eigenvalue weighted by atomic mass is 16.7. The van der Waals surface area contributed by atoms with Crippen LogP contribution in [-0.4, -0.2) is 17.7 Å². The van der Waals surface area contributed by atoms with Gasteiger partial charge in [-0.25, -0.2) is 0 Å². The molecule has 0 aliphatic carbocycles. The van der Waals surface area contributed by atoms with Crippen LogP contribution in [0.1, 0.15) is 15.9 Å². The van der Waals surface area contributed by atoms with E-state index in [9.17, 15) is 4.79 Å². The molecule has 0 fully saturated rings. The number of rotatable bonds is 5. The molecule has 2 N–H and O–H groups in total. The first-order valence-corrected chi connectivity index (χ1v) is 6.75. The lowest BCUT2D eigenvalue weighted by molar-refractivity contribution is 0.0938. The highest BCUT2D eigenvalue weighted by molar-refractivity contribution is 5.93. The quantitative estimate of drug-likeness (QED) is 0.823. The number of fused-ring (bicyclic) bond motifs is 1. The molecule has 1 amide bonds. The average molecular weight is 297 g/mol. The Labute approximate surface area is 127 Å². The maximum atomic E-state index is 11.9. The number of carbonyl (C=O) groups excluding carboxylic acids is 1. The summed E-state index contributed by atoms with van der Waals surface area (Å²) < 4.78 is 10.6. The molecule has 112 valence electrons. The fourth-order valence-electron chi connectivity index (χ4n) is 2.06. The second-order valence-electron chi connectivity index (χ2n) is 4.78. The summed E-state index contributed by atoms with van der Waals surface area (Å²) in [5.41, 5.74) is 7.62. The summed E-state index contributed by atoms with van der Waals surface area (Å²) in [4.78, 5) is 15.7. The van der Waals surface area contributed by atoms with E-state index in [-0.39, 0.29) is 12.7 Å². The van der Waals surface area contributed by atoms with Gasteiger partial charge in [0.2, 0.25) is 6.79 Å². The van der Waals surface area contributed by atoms with Gasteiger partial charge < -0.3 is 14.9 Å². The number of ether oxygens (including phenoxy) is 2. The van der Waals surface area contributed by atoms with Crippen molar-refractivity contribution in [3.8, 4) is 11.5 Å². The Morgan fingerprint density at radius 3 is 2.73 bits per heavy atom. The molecular weight excluding hydrogens is 282 g/mol. The summed E-state index contributed by atoms with van der Waals surface area (Å²) in [6.45, 7) is 4.15. The van der Waals surface area contributed by atoms with Crippen molar-refractivity contribution < 1.29 is 14.3 Å². The van der Waals surface area contributed by atoms with Gasteiger partial charge in [0.15, 0.2) is 11.5 Å². The first kappa shape index (κ1) is 13.9. The molecule has 1 aliphatic heterocycles. The van der Waals surface area contributed by atoms with E-state index in [1.807, 2.05) is 18.2 Å². The molecule has 1 aromatic carbocycles. The van der Waals surface area contributed by atoms with Crippen LogP contribution in [0.2, 0.25) is 0 Å². The number of hydrogen-bond acceptors (Lipinski definition) is 5. The van der Waals surface area contributed by atoms with Gasteiger partial charge in [0.25, 0.3) is 5.91 Å². The van der Waals surface area contributed by atoms with Crippen LogP contribution >= 0.6 is 0 Å². The maximum Gasteiger partial charge on any atom is 0.269 e. The zero-order valence-corrected chi connectivity index (χ0v) is 11.8. The van der Waals surface area contributed by atoms with E-state index in [4.69, 9.17) is 9.47 Å². The van der Waals surface area contributed by atoms with E-state index in [1.54, 1.807) is 24.5 Å². The summed E-state index contributed by atoms with van der Waals surface area (Å²) >= 11 is 0. The fraction of sp³-hybridized carbons (Fsp3) is 0.125. The number of pyridine rings is 1. The zero-order valence-electron chi connectivity index (χ0n) is 11.8. The van der Waals surface area contributed by atoms with E-state index in [1.165, 1.54) is 0 Å². The fourth-order valence-corrected chi connectivity index (χ4v) is 2.06. The Kier molecular flexibility index (Phi) is 3.91. The average Bonchev–Trinajstić information content (AvgIpc) is 3.01. The molecule has 2 aromatic rings. The van der Waals surface area contributed by atoms with E-state index in [0.717, 1.165) is 17.1 Å². The molecule has 0 bridgehead atoms. The van der Waals surface area contributed by atoms with Crippen LogP contribution in [-0.2, 0) is 6.42 Å². The van der Waals surface area contributed by atoms with E-state index in [0.29, 0.717) is 17.7 Å². The van der Waals surface area contributed by atoms with Gasteiger partial charge in [-0.05, 0) is 29.8 Å². The van der Waals surface area contributed by atoms with Crippen LogP contribution < -0.4 is 20.3 Å². The summed E-state index contributed by atoms with van der Waals surface area (Å²) in [6.07, 6.45) is 3.69. The van der Waals surface area contributed by atoms with Crippen molar-refractivity contribution in [3.05, 3.63) is 66.1 Å². The Bertz CT molecular complexity index is 701. The zero-order chi connectivity index (χ0) is 15.4. The Morgan fingerprint density at radius 2 is 1.91 bits per heavy atom. The number of amides is 1. The Hall–Kier alpha value is -3.02. The van der Waals surface area contributed by atoms with Gasteiger partial charge in [-0.3, -0.25) is 15.2 Å². The third kappa shape index (κ3) is 3.17. The number of carbonyl (C=O) groups is 1. The molecule has 6 heteroatoms. The lowest BCUT2D eigenvalue weighted by Gasteiger charge is -2.11. The highest BCUT2D eigenvalue weighted by Gasteiger charge is 2.13. The number of hydrazine groups is 1.